The zero-order chi connectivity index (χ0) is 17.7. The summed E-state index contributed by atoms with van der Waals surface area (Å²) in [4.78, 5) is 0. The third kappa shape index (κ3) is 4.75. The Morgan fingerprint density at radius 1 is 0.739 bits per heavy atom. The normalized spacial score (nSPS) is 25.0. The molecule has 0 unspecified atom stereocenters. The van der Waals surface area contributed by atoms with Crippen LogP contribution < -0.4 is 0 Å². The van der Waals surface area contributed by atoms with E-state index in [1.165, 1.54) is 6.92 Å². The molecule has 1 fully saturated rings. The molecule has 0 N–H and O–H groups in total. The van der Waals surface area contributed by atoms with Crippen molar-refractivity contribution in [2.24, 2.45) is 0 Å². The number of unbranched alkanes of at least 4 members (excludes halogenated alkanes) is 5. The molecule has 0 aromatic heterocycles. The molecule has 0 aliphatic carbocycles. The molecule has 2 nitrogen and oxygen atoms in total. The smallest absolute Gasteiger partial charge is 0.329 e. The molecule has 8 heteroatoms. The van der Waals surface area contributed by atoms with Gasteiger partial charge in [-0.15, -0.1) is 0 Å². The van der Waals surface area contributed by atoms with E-state index in [4.69, 9.17) is 0 Å². The van der Waals surface area contributed by atoms with Crippen molar-refractivity contribution in [3.8, 4) is 0 Å². The summed E-state index contributed by atoms with van der Waals surface area (Å²) in [6.45, 7) is 3.55. The van der Waals surface area contributed by atoms with Crippen LogP contribution in [0.5, 0.6) is 0 Å². The molecule has 2 atom stereocenters. The monoisotopic (exact) mass is 350 g/mol. The van der Waals surface area contributed by atoms with Crippen LogP contribution in [0.1, 0.15) is 65.2 Å². The van der Waals surface area contributed by atoms with Gasteiger partial charge in [-0.2, -0.15) is 26.3 Å². The summed E-state index contributed by atoms with van der Waals surface area (Å²) in [6.07, 6.45) is -8.16. The number of hydrogen-bond acceptors (Lipinski definition) is 2. The van der Waals surface area contributed by atoms with Gasteiger partial charge in [-0.05, 0) is 12.8 Å². The zero-order valence-electron chi connectivity index (χ0n) is 13.4. The molecule has 1 aliphatic rings. The molecule has 1 aliphatic heterocycles. The largest absolute Gasteiger partial charge is 0.453 e. The van der Waals surface area contributed by atoms with Crippen LogP contribution in [0.4, 0.5) is 26.3 Å². The van der Waals surface area contributed by atoms with E-state index in [9.17, 15) is 26.3 Å². The first-order valence-electron chi connectivity index (χ1n) is 8.08. The summed E-state index contributed by atoms with van der Waals surface area (Å²) in [6, 6.07) is 0. The van der Waals surface area contributed by atoms with Crippen LogP contribution in [0, 0.1) is 0 Å². The van der Waals surface area contributed by atoms with Crippen molar-refractivity contribution in [2.75, 3.05) is 0 Å². The van der Waals surface area contributed by atoms with E-state index in [2.05, 4.69) is 16.4 Å². The van der Waals surface area contributed by atoms with Crippen molar-refractivity contribution >= 4 is 0 Å². The lowest BCUT2D eigenvalue weighted by atomic mass is 10.0. The lowest BCUT2D eigenvalue weighted by molar-refractivity contribution is -0.446. The van der Waals surface area contributed by atoms with Gasteiger partial charge in [0, 0.05) is 0 Å². The fraction of sp³-hybridized carbons (Fsp3) is 1.00. The first kappa shape index (κ1) is 20.5. The summed E-state index contributed by atoms with van der Waals surface area (Å²) in [5.41, 5.74) is 0. The van der Waals surface area contributed by atoms with Crippen molar-refractivity contribution in [3.05, 3.63) is 0 Å². The molecule has 0 spiro atoms. The Kier molecular flexibility index (Phi) is 7.19. The first-order chi connectivity index (χ1) is 10.6. The molecule has 0 amide bonds. The SMILES string of the molecule is CCCCCCCC[C@H]1OC(C(F)(F)F)(C(F)(F)F)O[C@@H]1CC. The van der Waals surface area contributed by atoms with E-state index in [0.29, 0.717) is 6.42 Å². The number of hydrogen-bond donors (Lipinski definition) is 0. The van der Waals surface area contributed by atoms with Crippen LogP contribution in [-0.4, -0.2) is 30.3 Å². The maximum absolute atomic E-state index is 13.0. The second-order valence-corrected chi connectivity index (χ2v) is 5.89. The molecule has 1 saturated heterocycles. The Bertz CT molecular complexity index is 339. The Labute approximate surface area is 132 Å². The van der Waals surface area contributed by atoms with Crippen LogP contribution in [0.15, 0.2) is 0 Å². The Morgan fingerprint density at radius 3 is 1.70 bits per heavy atom. The Hall–Kier alpha value is -0.500. The molecular weight excluding hydrogens is 326 g/mol. The van der Waals surface area contributed by atoms with Gasteiger partial charge in [0.05, 0.1) is 12.2 Å². The maximum atomic E-state index is 13.0. The minimum absolute atomic E-state index is 0.0361. The molecule has 1 heterocycles. The Balaban J connectivity index is 2.68. The fourth-order valence-corrected chi connectivity index (χ4v) is 2.75. The first-order valence-corrected chi connectivity index (χ1v) is 8.08. The van der Waals surface area contributed by atoms with Crippen LogP contribution >= 0.6 is 0 Å². The van der Waals surface area contributed by atoms with Gasteiger partial charge in [-0.25, -0.2) is 0 Å². The highest BCUT2D eigenvalue weighted by Gasteiger charge is 2.78. The van der Waals surface area contributed by atoms with Crippen LogP contribution in [0.25, 0.3) is 0 Å². The predicted octanol–water partition coefficient (Wildman–Crippen LogP) is 5.75. The number of alkyl halides is 6. The van der Waals surface area contributed by atoms with E-state index in [1.54, 1.807) is 0 Å². The minimum atomic E-state index is -5.66. The lowest BCUT2D eigenvalue weighted by Gasteiger charge is -2.31. The summed E-state index contributed by atoms with van der Waals surface area (Å²) < 4.78 is 86.5. The van der Waals surface area contributed by atoms with Crippen molar-refractivity contribution in [3.63, 3.8) is 0 Å². The quantitative estimate of drug-likeness (QED) is 0.410. The van der Waals surface area contributed by atoms with Crippen molar-refractivity contribution < 1.29 is 35.8 Å². The van der Waals surface area contributed by atoms with Gasteiger partial charge in [-0.1, -0.05) is 52.4 Å². The third-order valence-electron chi connectivity index (χ3n) is 4.04. The average molecular weight is 350 g/mol. The van der Waals surface area contributed by atoms with Gasteiger partial charge in [0.1, 0.15) is 0 Å². The van der Waals surface area contributed by atoms with Crippen LogP contribution in [0.2, 0.25) is 0 Å². The zero-order valence-corrected chi connectivity index (χ0v) is 13.4. The molecule has 0 radical (unpaired) electrons. The second kappa shape index (κ2) is 8.05. The van der Waals surface area contributed by atoms with E-state index >= 15 is 0 Å². The molecule has 23 heavy (non-hydrogen) atoms. The van der Waals surface area contributed by atoms with Gasteiger partial charge in [0.25, 0.3) is 0 Å². The fourth-order valence-electron chi connectivity index (χ4n) is 2.75. The second-order valence-electron chi connectivity index (χ2n) is 5.89. The van der Waals surface area contributed by atoms with Crippen molar-refractivity contribution in [1.29, 1.82) is 0 Å². The van der Waals surface area contributed by atoms with Gasteiger partial charge < -0.3 is 9.47 Å². The topological polar surface area (TPSA) is 18.5 Å². The third-order valence-corrected chi connectivity index (χ3v) is 4.04. The highest BCUT2D eigenvalue weighted by atomic mass is 19.4. The average Bonchev–Trinajstić information content (AvgIpc) is 2.82. The summed E-state index contributed by atoms with van der Waals surface area (Å²) >= 11 is 0. The van der Waals surface area contributed by atoms with Crippen LogP contribution in [0.3, 0.4) is 0 Å². The molecule has 138 valence electrons. The van der Waals surface area contributed by atoms with Crippen molar-refractivity contribution in [2.45, 2.75) is 95.6 Å². The van der Waals surface area contributed by atoms with Gasteiger partial charge in [-0.3, -0.25) is 0 Å². The number of ether oxygens (including phenoxy) is 2. The molecule has 0 aromatic rings. The molecule has 0 aromatic carbocycles. The maximum Gasteiger partial charge on any atom is 0.453 e. The van der Waals surface area contributed by atoms with E-state index in [0.717, 1.165) is 32.1 Å². The molecule has 1 rings (SSSR count). The van der Waals surface area contributed by atoms with Gasteiger partial charge >= 0.3 is 18.1 Å². The highest BCUT2D eigenvalue weighted by Crippen LogP contribution is 2.52. The van der Waals surface area contributed by atoms with Gasteiger partial charge in [0.15, 0.2) is 0 Å². The van der Waals surface area contributed by atoms with Crippen molar-refractivity contribution in [1.82, 2.24) is 0 Å². The highest BCUT2D eigenvalue weighted by molar-refractivity contribution is 4.95. The van der Waals surface area contributed by atoms with E-state index in [-0.39, 0.29) is 12.8 Å². The van der Waals surface area contributed by atoms with Gasteiger partial charge in [0.2, 0.25) is 0 Å². The Morgan fingerprint density at radius 2 is 1.22 bits per heavy atom. The number of rotatable bonds is 8. The van der Waals surface area contributed by atoms with Crippen LogP contribution in [-0.2, 0) is 9.47 Å². The number of halogens is 6. The summed E-state index contributed by atoms with van der Waals surface area (Å²) in [7, 11) is 0. The lowest BCUT2D eigenvalue weighted by Crippen LogP contribution is -2.58. The van der Waals surface area contributed by atoms with E-state index < -0.39 is 30.3 Å². The molecule has 0 saturated carbocycles. The summed E-state index contributed by atoms with van der Waals surface area (Å²) in [5, 5.41) is 0. The molecular formula is C15H24F6O2. The predicted molar refractivity (Wildman–Crippen MR) is 72.9 cm³/mol. The summed E-state index contributed by atoms with van der Waals surface area (Å²) in [5.74, 6) is -4.49. The molecule has 0 bridgehead atoms. The standard InChI is InChI=1S/C15H24F6O2/c1-3-5-6-7-8-9-10-12-11(4-2)22-13(23-12,14(16,17)18)15(19,20)21/h11-12H,3-10H2,1-2H3/t11-,12-/m1/s1. The van der Waals surface area contributed by atoms with E-state index in [1.807, 2.05) is 0 Å². The minimum Gasteiger partial charge on any atom is -0.329 e.